The first-order valence-corrected chi connectivity index (χ1v) is 11.8. The summed E-state index contributed by atoms with van der Waals surface area (Å²) >= 11 is 0. The van der Waals surface area contributed by atoms with Crippen LogP contribution < -0.4 is 20.9 Å². The van der Waals surface area contributed by atoms with E-state index in [0.717, 1.165) is 12.1 Å². The molecule has 3 aromatic carbocycles. The highest BCUT2D eigenvalue weighted by molar-refractivity contribution is 5.93. The van der Waals surface area contributed by atoms with E-state index in [1.54, 1.807) is 18.2 Å². The molecule has 0 amide bonds. The van der Waals surface area contributed by atoms with Crippen LogP contribution in [0.2, 0.25) is 0 Å². The Hall–Kier alpha value is -4.94. The lowest BCUT2D eigenvalue weighted by Crippen LogP contribution is -2.37. The summed E-state index contributed by atoms with van der Waals surface area (Å²) < 4.78 is 72.5. The van der Waals surface area contributed by atoms with Gasteiger partial charge in [-0.3, -0.25) is 4.79 Å². The van der Waals surface area contributed by atoms with Crippen LogP contribution in [-0.2, 0) is 16.0 Å². The lowest BCUT2D eigenvalue weighted by molar-refractivity contribution is -0.284. The number of nitrogen functional groups attached to an aromatic ring is 2. The van der Waals surface area contributed by atoms with E-state index in [4.69, 9.17) is 20.9 Å². The van der Waals surface area contributed by atoms with E-state index in [0.29, 0.717) is 22.5 Å². The summed E-state index contributed by atoms with van der Waals surface area (Å²) in [7, 11) is 0. The number of alkyl halides is 5. The highest BCUT2D eigenvalue weighted by Gasteiger charge is 2.57. The van der Waals surface area contributed by atoms with Crippen molar-refractivity contribution in [2.24, 2.45) is 0 Å². The van der Waals surface area contributed by atoms with Crippen LogP contribution in [0.1, 0.15) is 34.3 Å². The van der Waals surface area contributed by atoms with Crippen molar-refractivity contribution in [3.05, 3.63) is 89.0 Å². The third kappa shape index (κ3) is 8.78. The molecule has 3 rings (SSSR count). The molecule has 0 saturated heterocycles. The average molecular weight is 578 g/mol. The maximum atomic E-state index is 12.9. The summed E-state index contributed by atoms with van der Waals surface area (Å²) in [6.07, 6.45) is -7.21. The van der Waals surface area contributed by atoms with Gasteiger partial charge >= 0.3 is 30.0 Å². The Morgan fingerprint density at radius 2 is 1.34 bits per heavy atom. The number of carbonyl (C=O) groups is 3. The number of rotatable bonds is 10. The summed E-state index contributed by atoms with van der Waals surface area (Å²) in [5, 5.41) is 9.59. The number of carbonyl (C=O) groups excluding carboxylic acids is 2. The van der Waals surface area contributed by atoms with Gasteiger partial charge in [-0.1, -0.05) is 12.1 Å². The van der Waals surface area contributed by atoms with Crippen molar-refractivity contribution in [1.82, 2.24) is 0 Å². The number of carboxylic acid groups (broad SMARTS) is 1. The number of anilines is 2. The molecule has 0 fully saturated rings. The zero-order valence-electron chi connectivity index (χ0n) is 21.1. The highest BCUT2D eigenvalue weighted by atomic mass is 19.4. The number of esters is 2. The van der Waals surface area contributed by atoms with Gasteiger partial charge in [0, 0.05) is 29.8 Å². The molecule has 8 nitrogen and oxygen atoms in total. The molecule has 41 heavy (non-hydrogen) atoms. The van der Waals surface area contributed by atoms with E-state index < -0.39 is 42.8 Å². The summed E-state index contributed by atoms with van der Waals surface area (Å²) in [5.41, 5.74) is 13.5. The van der Waals surface area contributed by atoms with Gasteiger partial charge in [0.1, 0.15) is 11.5 Å². The van der Waals surface area contributed by atoms with Crippen LogP contribution in [0.4, 0.5) is 33.3 Å². The van der Waals surface area contributed by atoms with Gasteiger partial charge in [0.05, 0.1) is 12.0 Å². The monoisotopic (exact) mass is 578 g/mol. The van der Waals surface area contributed by atoms with Crippen LogP contribution in [0.5, 0.6) is 11.5 Å². The van der Waals surface area contributed by atoms with Gasteiger partial charge in [-0.2, -0.15) is 22.0 Å². The minimum Gasteiger partial charge on any atom is -0.478 e. The predicted molar refractivity (Wildman–Crippen MR) is 138 cm³/mol. The molecule has 13 heteroatoms. The first kappa shape index (κ1) is 30.6. The van der Waals surface area contributed by atoms with Crippen molar-refractivity contribution in [3.8, 4) is 11.5 Å². The molecular weight excluding hydrogens is 555 g/mol. The fraction of sp³-hybridized carbons (Fsp3) is 0.179. The lowest BCUT2D eigenvalue weighted by Gasteiger charge is -2.18. The summed E-state index contributed by atoms with van der Waals surface area (Å²) in [5.74, 6) is -8.32. The second-order valence-corrected chi connectivity index (χ2v) is 8.82. The molecule has 0 bridgehead atoms. The number of benzene rings is 3. The van der Waals surface area contributed by atoms with Crippen LogP contribution in [0.25, 0.3) is 6.08 Å². The van der Waals surface area contributed by atoms with Gasteiger partial charge in [0.25, 0.3) is 0 Å². The van der Waals surface area contributed by atoms with Crippen LogP contribution in [0.3, 0.4) is 0 Å². The quantitative estimate of drug-likeness (QED) is 0.0920. The van der Waals surface area contributed by atoms with Gasteiger partial charge in [-0.25, -0.2) is 9.59 Å². The van der Waals surface area contributed by atoms with Gasteiger partial charge in [0.2, 0.25) is 0 Å². The number of hydrogen-bond acceptors (Lipinski definition) is 7. The van der Waals surface area contributed by atoms with E-state index in [2.05, 4.69) is 0 Å². The fourth-order valence-corrected chi connectivity index (χ4v) is 3.50. The van der Waals surface area contributed by atoms with Gasteiger partial charge < -0.3 is 26.0 Å². The van der Waals surface area contributed by atoms with Crippen molar-refractivity contribution >= 4 is 35.4 Å². The van der Waals surface area contributed by atoms with E-state index >= 15 is 0 Å². The van der Waals surface area contributed by atoms with Crippen molar-refractivity contribution < 1.29 is 50.9 Å². The molecule has 0 atom stereocenters. The lowest BCUT2D eigenvalue weighted by atomic mass is 10.0. The molecule has 3 aromatic rings. The molecule has 0 aliphatic carbocycles. The Bertz CT molecular complexity index is 1430. The zero-order chi connectivity index (χ0) is 30.4. The minimum atomic E-state index is -5.78. The molecule has 0 spiro atoms. The summed E-state index contributed by atoms with van der Waals surface area (Å²) in [6.45, 7) is 0. The molecule has 0 radical (unpaired) electrons. The topological polar surface area (TPSA) is 142 Å². The molecule has 0 aliphatic heterocycles. The first-order valence-electron chi connectivity index (χ1n) is 11.8. The first-order chi connectivity index (χ1) is 19.1. The predicted octanol–water partition coefficient (Wildman–Crippen LogP) is 5.66. The van der Waals surface area contributed by atoms with E-state index in [9.17, 15) is 41.4 Å². The number of carboxylic acids is 1. The Morgan fingerprint density at radius 3 is 1.88 bits per heavy atom. The largest absolute Gasteiger partial charge is 0.478 e. The normalized spacial score (nSPS) is 12.1. The zero-order valence-corrected chi connectivity index (χ0v) is 21.1. The molecule has 0 heterocycles. The van der Waals surface area contributed by atoms with Crippen molar-refractivity contribution in [2.75, 3.05) is 11.5 Å². The number of ether oxygens (including phenoxy) is 2. The molecule has 216 valence electrons. The van der Waals surface area contributed by atoms with Crippen molar-refractivity contribution in [1.29, 1.82) is 0 Å². The van der Waals surface area contributed by atoms with Crippen LogP contribution in [-0.4, -0.2) is 35.1 Å². The minimum absolute atomic E-state index is 0.0203. The fourth-order valence-electron chi connectivity index (χ4n) is 3.50. The average Bonchev–Trinajstić information content (AvgIpc) is 2.87. The van der Waals surface area contributed by atoms with Crippen molar-refractivity contribution in [2.45, 2.75) is 31.4 Å². The van der Waals surface area contributed by atoms with Crippen LogP contribution >= 0.6 is 0 Å². The van der Waals surface area contributed by atoms with Crippen LogP contribution in [0, 0.1) is 0 Å². The maximum Gasteiger partial charge on any atom is 0.453 e. The second-order valence-electron chi connectivity index (χ2n) is 8.82. The Balaban J connectivity index is 1.59. The summed E-state index contributed by atoms with van der Waals surface area (Å²) in [6, 6.07) is 15.4. The number of hydrogen-bond donors (Lipinski definition) is 3. The summed E-state index contributed by atoms with van der Waals surface area (Å²) in [4.78, 5) is 35.8. The molecule has 5 N–H and O–H groups in total. The van der Waals surface area contributed by atoms with Crippen molar-refractivity contribution in [3.63, 3.8) is 0 Å². The molecule has 0 unspecified atom stereocenters. The van der Waals surface area contributed by atoms with Gasteiger partial charge in [0.15, 0.2) is 0 Å². The standard InChI is InChI=1S/C28H23F5N2O6/c29-27(30,28(31,32)33)10-9-24(36)40-22-7-3-18(4-8-22)26(39)41-23-5-1-16(2-6-23)11-19(25(37)38)12-17-13-20(34)15-21(35)14-17/h1-8,11,13-15H,9-10,12,34-35H2,(H,37,38)/b19-11+. The molecule has 0 saturated carbocycles. The Labute approximate surface area is 230 Å². The third-order valence-electron chi connectivity index (χ3n) is 5.52. The Kier molecular flexibility index (Phi) is 9.32. The molecule has 0 aliphatic rings. The number of nitrogens with two attached hydrogens (primary N) is 2. The van der Waals surface area contributed by atoms with Crippen LogP contribution in [0.15, 0.2) is 72.3 Å². The van der Waals surface area contributed by atoms with E-state index in [1.165, 1.54) is 42.5 Å². The number of halogens is 5. The molecular formula is C28H23F5N2O6. The molecule has 0 aromatic heterocycles. The third-order valence-corrected chi connectivity index (χ3v) is 5.52. The van der Waals surface area contributed by atoms with E-state index in [1.807, 2.05) is 0 Å². The van der Waals surface area contributed by atoms with E-state index in [-0.39, 0.29) is 29.1 Å². The highest BCUT2D eigenvalue weighted by Crippen LogP contribution is 2.38. The maximum absolute atomic E-state index is 12.9. The SMILES string of the molecule is Nc1cc(N)cc(C/C(=C\c2ccc(OC(=O)c3ccc(OC(=O)CCC(F)(F)C(F)(F)F)cc3)cc2)C(=O)O)c1. The Morgan fingerprint density at radius 1 is 0.805 bits per heavy atom. The number of aliphatic carboxylic acids is 1. The van der Waals surface area contributed by atoms with Gasteiger partial charge in [-0.15, -0.1) is 0 Å². The smallest absolute Gasteiger partial charge is 0.453 e. The second kappa shape index (κ2) is 12.5. The van der Waals surface area contributed by atoms with Gasteiger partial charge in [-0.05, 0) is 71.8 Å².